The zero-order chi connectivity index (χ0) is 11.5. The van der Waals surface area contributed by atoms with Gasteiger partial charge in [-0.2, -0.15) is 8.75 Å². The van der Waals surface area contributed by atoms with Crippen molar-refractivity contribution in [1.29, 1.82) is 0 Å². The molecule has 7 heteroatoms. The van der Waals surface area contributed by atoms with E-state index in [1.807, 2.05) is 0 Å². The van der Waals surface area contributed by atoms with Gasteiger partial charge in [0.25, 0.3) is 5.91 Å². The van der Waals surface area contributed by atoms with Crippen LogP contribution in [0, 0.1) is 0 Å². The number of carbonyl (C=O) groups excluding carboxylic acids is 1. The monoisotopic (exact) mass is 241 g/mol. The van der Waals surface area contributed by atoms with E-state index in [4.69, 9.17) is 5.11 Å². The lowest BCUT2D eigenvalue weighted by Crippen LogP contribution is -2.48. The Balaban J connectivity index is 2.17. The minimum atomic E-state index is -0.948. The first-order valence-corrected chi connectivity index (χ1v) is 5.74. The van der Waals surface area contributed by atoms with Crippen molar-refractivity contribution in [3.63, 3.8) is 0 Å². The third-order valence-corrected chi connectivity index (χ3v) is 3.11. The van der Waals surface area contributed by atoms with Crippen LogP contribution >= 0.6 is 11.7 Å². The number of amides is 1. The Labute approximate surface area is 96.2 Å². The molecule has 1 fully saturated rings. The van der Waals surface area contributed by atoms with Crippen LogP contribution in [0.25, 0.3) is 0 Å². The zero-order valence-electron chi connectivity index (χ0n) is 8.50. The number of carboxylic acid groups (broad SMARTS) is 1. The number of aliphatic carboxylic acids is 1. The van der Waals surface area contributed by atoms with Crippen LogP contribution in [0.15, 0.2) is 6.20 Å². The van der Waals surface area contributed by atoms with E-state index in [2.05, 4.69) is 8.75 Å². The highest BCUT2D eigenvalue weighted by atomic mass is 32.1. The molecule has 1 aromatic heterocycles. The SMILES string of the molecule is O=C(O)[C@H]1CCCCN1C(=O)c1cnsn1. The Morgan fingerprint density at radius 2 is 2.31 bits per heavy atom. The third-order valence-electron chi connectivity index (χ3n) is 2.63. The maximum absolute atomic E-state index is 11.9. The molecule has 0 aliphatic carbocycles. The number of rotatable bonds is 2. The first kappa shape index (κ1) is 11.0. The highest BCUT2D eigenvalue weighted by molar-refractivity contribution is 6.99. The van der Waals surface area contributed by atoms with Gasteiger partial charge in [-0.3, -0.25) is 4.79 Å². The molecule has 0 saturated carbocycles. The number of hydrogen-bond acceptors (Lipinski definition) is 5. The molecule has 0 bridgehead atoms. The van der Waals surface area contributed by atoms with Gasteiger partial charge >= 0.3 is 5.97 Å². The zero-order valence-corrected chi connectivity index (χ0v) is 9.31. The first-order chi connectivity index (χ1) is 7.70. The Hall–Kier alpha value is -1.50. The number of carbonyl (C=O) groups is 2. The van der Waals surface area contributed by atoms with E-state index < -0.39 is 12.0 Å². The van der Waals surface area contributed by atoms with Crippen molar-refractivity contribution < 1.29 is 14.7 Å². The van der Waals surface area contributed by atoms with E-state index in [9.17, 15) is 9.59 Å². The van der Waals surface area contributed by atoms with Gasteiger partial charge in [-0.1, -0.05) is 0 Å². The fourth-order valence-electron chi connectivity index (χ4n) is 1.84. The topological polar surface area (TPSA) is 83.4 Å². The molecule has 0 aromatic carbocycles. The van der Waals surface area contributed by atoms with Crippen molar-refractivity contribution in [2.24, 2.45) is 0 Å². The van der Waals surface area contributed by atoms with Gasteiger partial charge in [-0.15, -0.1) is 0 Å². The molecule has 1 amide bonds. The molecule has 6 nitrogen and oxygen atoms in total. The summed E-state index contributed by atoms with van der Waals surface area (Å²) in [4.78, 5) is 24.3. The second-order valence-corrected chi connectivity index (χ2v) is 4.20. The summed E-state index contributed by atoms with van der Waals surface area (Å²) in [7, 11) is 0. The molecule has 1 saturated heterocycles. The molecule has 1 N–H and O–H groups in total. The second kappa shape index (κ2) is 4.56. The van der Waals surface area contributed by atoms with Gasteiger partial charge in [-0.05, 0) is 19.3 Å². The molecule has 86 valence electrons. The minimum Gasteiger partial charge on any atom is -0.480 e. The molecular weight excluding hydrogens is 230 g/mol. The van der Waals surface area contributed by atoms with Crippen LogP contribution in [-0.4, -0.2) is 43.2 Å². The lowest BCUT2D eigenvalue weighted by atomic mass is 10.0. The van der Waals surface area contributed by atoms with Gasteiger partial charge in [0.05, 0.1) is 17.9 Å². The van der Waals surface area contributed by atoms with E-state index in [-0.39, 0.29) is 11.6 Å². The third kappa shape index (κ3) is 2.04. The van der Waals surface area contributed by atoms with E-state index in [0.717, 1.165) is 24.6 Å². The standard InChI is InChI=1S/C9H11N3O3S/c13-8(6-5-10-16-11-6)12-4-2-1-3-7(12)9(14)15/h5,7H,1-4H2,(H,14,15)/t7-/m1/s1. The quantitative estimate of drug-likeness (QED) is 0.820. The van der Waals surface area contributed by atoms with Crippen LogP contribution in [-0.2, 0) is 4.79 Å². The summed E-state index contributed by atoms with van der Waals surface area (Å²) in [6.07, 6.45) is 3.57. The van der Waals surface area contributed by atoms with Crippen LogP contribution < -0.4 is 0 Å². The Bertz CT molecular complexity index is 393. The summed E-state index contributed by atoms with van der Waals surface area (Å²) in [5.74, 6) is -1.28. The smallest absolute Gasteiger partial charge is 0.326 e. The van der Waals surface area contributed by atoms with Crippen molar-refractivity contribution in [2.45, 2.75) is 25.3 Å². The maximum atomic E-state index is 11.9. The molecule has 2 rings (SSSR count). The summed E-state index contributed by atoms with van der Waals surface area (Å²) in [6.45, 7) is 0.479. The Morgan fingerprint density at radius 3 is 2.94 bits per heavy atom. The molecule has 1 aromatic rings. The molecule has 0 radical (unpaired) electrons. The Morgan fingerprint density at radius 1 is 1.50 bits per heavy atom. The van der Waals surface area contributed by atoms with Gasteiger partial charge in [0.15, 0.2) is 5.69 Å². The number of carboxylic acids is 1. The number of likely N-dealkylation sites (tertiary alicyclic amines) is 1. The average Bonchev–Trinajstić information content (AvgIpc) is 2.81. The van der Waals surface area contributed by atoms with E-state index in [1.165, 1.54) is 11.1 Å². The molecular formula is C9H11N3O3S. The lowest BCUT2D eigenvalue weighted by Gasteiger charge is -2.32. The van der Waals surface area contributed by atoms with Crippen LogP contribution in [0.5, 0.6) is 0 Å². The predicted octanol–water partition coefficient (Wildman–Crippen LogP) is 0.617. The minimum absolute atomic E-state index is 0.234. The molecule has 0 spiro atoms. The number of piperidine rings is 1. The summed E-state index contributed by atoms with van der Waals surface area (Å²) < 4.78 is 7.58. The highest BCUT2D eigenvalue weighted by Crippen LogP contribution is 2.19. The second-order valence-electron chi connectivity index (χ2n) is 3.64. The fourth-order valence-corrected chi connectivity index (χ4v) is 2.24. The van der Waals surface area contributed by atoms with Gasteiger partial charge < -0.3 is 10.0 Å². The Kier molecular flexibility index (Phi) is 3.14. The van der Waals surface area contributed by atoms with Crippen molar-refractivity contribution in [1.82, 2.24) is 13.6 Å². The van der Waals surface area contributed by atoms with Crippen molar-refractivity contribution in [2.75, 3.05) is 6.54 Å². The maximum Gasteiger partial charge on any atom is 0.326 e. The molecule has 2 heterocycles. The molecule has 16 heavy (non-hydrogen) atoms. The van der Waals surface area contributed by atoms with Crippen molar-refractivity contribution in [3.8, 4) is 0 Å². The average molecular weight is 241 g/mol. The summed E-state index contributed by atoms with van der Waals surface area (Å²) >= 11 is 0.947. The molecule has 1 aliphatic rings. The van der Waals surface area contributed by atoms with Gasteiger partial charge in [0.2, 0.25) is 0 Å². The predicted molar refractivity (Wildman–Crippen MR) is 56.2 cm³/mol. The molecule has 1 aliphatic heterocycles. The van der Waals surface area contributed by atoms with Gasteiger partial charge in [-0.25, -0.2) is 4.79 Å². The summed E-state index contributed by atoms with van der Waals surface area (Å²) in [6, 6.07) is -0.719. The van der Waals surface area contributed by atoms with Crippen LogP contribution in [0.3, 0.4) is 0 Å². The van der Waals surface area contributed by atoms with E-state index in [1.54, 1.807) is 0 Å². The van der Waals surface area contributed by atoms with Crippen LogP contribution in [0.4, 0.5) is 0 Å². The number of hydrogen-bond donors (Lipinski definition) is 1. The van der Waals surface area contributed by atoms with Crippen LogP contribution in [0.2, 0.25) is 0 Å². The van der Waals surface area contributed by atoms with Gasteiger partial charge in [0.1, 0.15) is 6.04 Å². The lowest BCUT2D eigenvalue weighted by molar-refractivity contribution is -0.143. The summed E-state index contributed by atoms with van der Waals surface area (Å²) in [5.41, 5.74) is 0.234. The number of aromatic nitrogens is 2. The van der Waals surface area contributed by atoms with E-state index in [0.29, 0.717) is 13.0 Å². The molecule has 1 atom stereocenters. The normalized spacial score (nSPS) is 20.8. The van der Waals surface area contributed by atoms with Gasteiger partial charge in [0, 0.05) is 6.54 Å². The number of nitrogens with zero attached hydrogens (tertiary/aromatic N) is 3. The molecule has 0 unspecified atom stereocenters. The largest absolute Gasteiger partial charge is 0.480 e. The van der Waals surface area contributed by atoms with Crippen molar-refractivity contribution in [3.05, 3.63) is 11.9 Å². The first-order valence-electron chi connectivity index (χ1n) is 5.01. The van der Waals surface area contributed by atoms with E-state index >= 15 is 0 Å². The van der Waals surface area contributed by atoms with Crippen LogP contribution in [0.1, 0.15) is 29.8 Å². The van der Waals surface area contributed by atoms with Crippen molar-refractivity contribution >= 4 is 23.6 Å². The summed E-state index contributed by atoms with van der Waals surface area (Å²) in [5, 5.41) is 9.03. The fraction of sp³-hybridized carbons (Fsp3) is 0.556. The highest BCUT2D eigenvalue weighted by Gasteiger charge is 2.33.